The predicted molar refractivity (Wildman–Crippen MR) is 134 cm³/mol. The Labute approximate surface area is 202 Å². The molecule has 0 aliphatic carbocycles. The number of hydrogen-bond acceptors (Lipinski definition) is 4. The van der Waals surface area contributed by atoms with Gasteiger partial charge in [-0.1, -0.05) is 36.4 Å². The summed E-state index contributed by atoms with van der Waals surface area (Å²) in [6.07, 6.45) is 3.66. The standard InChI is InChI=1S/C29H24N2O4/c1-30-17-22(21-11-5-6-12-23(21)30)26-25(28(33)29(34)31(26)20-9-3-2-4-10-20)27(32)19-13-14-24-18(16-19)8-7-15-35-24/h2-6,9-14,16-17,26,32H,7-8,15H2,1H3/b27-25+. The SMILES string of the molecule is Cn1cc(C2/C(=C(\O)c3ccc4c(c3)CCCO4)C(=O)C(=O)N2c2ccccc2)c2ccccc21. The molecule has 1 N–H and O–H groups in total. The molecule has 35 heavy (non-hydrogen) atoms. The molecule has 1 saturated heterocycles. The van der Waals surface area contributed by atoms with Gasteiger partial charge in [0, 0.05) is 41.0 Å². The van der Waals surface area contributed by atoms with E-state index in [2.05, 4.69) is 0 Å². The maximum atomic E-state index is 13.5. The van der Waals surface area contributed by atoms with Crippen LogP contribution in [0.1, 0.15) is 29.2 Å². The first-order chi connectivity index (χ1) is 17.0. The van der Waals surface area contributed by atoms with E-state index in [0.717, 1.165) is 40.6 Å². The van der Waals surface area contributed by atoms with Gasteiger partial charge in [-0.2, -0.15) is 0 Å². The zero-order valence-electron chi connectivity index (χ0n) is 19.3. The first-order valence-electron chi connectivity index (χ1n) is 11.7. The number of aliphatic hydroxyl groups excluding tert-OH is 1. The molecule has 1 fully saturated rings. The van der Waals surface area contributed by atoms with E-state index in [4.69, 9.17) is 4.74 Å². The number of para-hydroxylation sites is 2. The number of carbonyl (C=O) groups excluding carboxylic acids is 2. The lowest BCUT2D eigenvalue weighted by atomic mass is 9.93. The molecule has 0 spiro atoms. The van der Waals surface area contributed by atoms with Crippen molar-refractivity contribution in [3.63, 3.8) is 0 Å². The van der Waals surface area contributed by atoms with Crippen molar-refractivity contribution in [3.8, 4) is 5.75 Å². The van der Waals surface area contributed by atoms with Crippen LogP contribution in [0.5, 0.6) is 5.75 Å². The lowest BCUT2D eigenvalue weighted by Crippen LogP contribution is -2.29. The summed E-state index contributed by atoms with van der Waals surface area (Å²) < 4.78 is 7.69. The van der Waals surface area contributed by atoms with Gasteiger partial charge in [0.2, 0.25) is 0 Å². The zero-order chi connectivity index (χ0) is 24.1. The van der Waals surface area contributed by atoms with Crippen molar-refractivity contribution in [3.05, 3.63) is 101 Å². The van der Waals surface area contributed by atoms with Crippen LogP contribution in [-0.2, 0) is 23.1 Å². The van der Waals surface area contributed by atoms with Gasteiger partial charge in [0.05, 0.1) is 18.2 Å². The van der Waals surface area contributed by atoms with Crippen LogP contribution in [0.4, 0.5) is 5.69 Å². The highest BCUT2D eigenvalue weighted by atomic mass is 16.5. The molecule has 6 nitrogen and oxygen atoms in total. The minimum Gasteiger partial charge on any atom is -0.507 e. The number of hydrogen-bond donors (Lipinski definition) is 1. The van der Waals surface area contributed by atoms with Crippen molar-refractivity contribution in [2.45, 2.75) is 18.9 Å². The summed E-state index contributed by atoms with van der Waals surface area (Å²) in [5.74, 6) is -0.730. The molecule has 3 aromatic carbocycles. The summed E-state index contributed by atoms with van der Waals surface area (Å²) in [6.45, 7) is 0.668. The van der Waals surface area contributed by atoms with Crippen molar-refractivity contribution in [2.75, 3.05) is 11.5 Å². The predicted octanol–water partition coefficient (Wildman–Crippen LogP) is 5.13. The van der Waals surface area contributed by atoms with Crippen molar-refractivity contribution in [1.29, 1.82) is 0 Å². The number of amides is 1. The molecule has 3 heterocycles. The number of ether oxygens (including phenoxy) is 1. The molecule has 2 aliphatic rings. The number of fused-ring (bicyclic) bond motifs is 2. The van der Waals surface area contributed by atoms with Crippen molar-refractivity contribution >= 4 is 34.0 Å². The Hall–Kier alpha value is -4.32. The Kier molecular flexibility index (Phi) is 4.95. The number of rotatable bonds is 3. The highest BCUT2D eigenvalue weighted by Gasteiger charge is 2.47. The van der Waals surface area contributed by atoms with Crippen LogP contribution < -0.4 is 9.64 Å². The number of aliphatic hydroxyl groups is 1. The Morgan fingerprint density at radius 3 is 2.60 bits per heavy atom. The third-order valence-corrected chi connectivity index (χ3v) is 6.88. The first-order valence-corrected chi connectivity index (χ1v) is 11.7. The molecule has 0 radical (unpaired) electrons. The molecule has 0 saturated carbocycles. The number of carbonyl (C=O) groups is 2. The van der Waals surface area contributed by atoms with Crippen LogP contribution >= 0.6 is 0 Å². The molecule has 4 aromatic rings. The molecule has 2 aliphatic heterocycles. The number of nitrogens with zero attached hydrogens (tertiary/aromatic N) is 2. The zero-order valence-corrected chi connectivity index (χ0v) is 19.3. The van der Waals surface area contributed by atoms with Gasteiger partial charge >= 0.3 is 0 Å². The Balaban J connectivity index is 1.60. The fraction of sp³-hybridized carbons (Fsp3) is 0.172. The summed E-state index contributed by atoms with van der Waals surface area (Å²) >= 11 is 0. The Bertz CT molecular complexity index is 1520. The third-order valence-electron chi connectivity index (χ3n) is 6.88. The topological polar surface area (TPSA) is 71.8 Å². The van der Waals surface area contributed by atoms with Gasteiger partial charge in [-0.25, -0.2) is 0 Å². The van der Waals surface area contributed by atoms with E-state index in [1.807, 2.05) is 72.4 Å². The molecular formula is C29H24N2O4. The van der Waals surface area contributed by atoms with E-state index in [1.54, 1.807) is 18.2 Å². The van der Waals surface area contributed by atoms with E-state index >= 15 is 0 Å². The smallest absolute Gasteiger partial charge is 0.300 e. The number of aromatic nitrogens is 1. The molecule has 1 unspecified atom stereocenters. The van der Waals surface area contributed by atoms with Crippen LogP contribution in [0.15, 0.2) is 84.6 Å². The maximum Gasteiger partial charge on any atom is 0.300 e. The molecular weight excluding hydrogens is 440 g/mol. The average molecular weight is 465 g/mol. The molecule has 1 atom stereocenters. The van der Waals surface area contributed by atoms with Gasteiger partial charge in [0.25, 0.3) is 11.7 Å². The number of ketones is 1. The number of anilines is 1. The summed E-state index contributed by atoms with van der Waals surface area (Å²) in [5, 5.41) is 12.4. The second-order valence-electron chi connectivity index (χ2n) is 8.99. The first kappa shape index (κ1) is 21.2. The normalized spacial score (nSPS) is 19.1. The van der Waals surface area contributed by atoms with E-state index in [-0.39, 0.29) is 11.3 Å². The lowest BCUT2D eigenvalue weighted by Gasteiger charge is -2.25. The minimum absolute atomic E-state index is 0.0897. The molecule has 1 aromatic heterocycles. The van der Waals surface area contributed by atoms with E-state index < -0.39 is 17.7 Å². The van der Waals surface area contributed by atoms with Crippen LogP contribution in [0, 0.1) is 0 Å². The van der Waals surface area contributed by atoms with Gasteiger partial charge in [0.15, 0.2) is 0 Å². The van der Waals surface area contributed by atoms with Crippen molar-refractivity contribution in [2.24, 2.45) is 7.05 Å². The van der Waals surface area contributed by atoms with E-state index in [1.165, 1.54) is 4.90 Å². The number of aryl methyl sites for hydroxylation is 2. The van der Waals surface area contributed by atoms with Crippen molar-refractivity contribution in [1.82, 2.24) is 4.57 Å². The quantitative estimate of drug-likeness (QED) is 0.259. The van der Waals surface area contributed by atoms with Gasteiger partial charge in [-0.3, -0.25) is 14.5 Å². The Morgan fingerprint density at radius 2 is 1.77 bits per heavy atom. The largest absolute Gasteiger partial charge is 0.507 e. The second kappa shape index (κ2) is 8.17. The van der Waals surface area contributed by atoms with Crippen LogP contribution in [0.2, 0.25) is 0 Å². The Morgan fingerprint density at radius 1 is 1.00 bits per heavy atom. The molecule has 6 rings (SSSR count). The lowest BCUT2D eigenvalue weighted by molar-refractivity contribution is -0.132. The van der Waals surface area contributed by atoms with Crippen LogP contribution in [-0.4, -0.2) is 28.0 Å². The van der Waals surface area contributed by atoms with Gasteiger partial charge < -0.3 is 14.4 Å². The second-order valence-corrected chi connectivity index (χ2v) is 8.99. The highest BCUT2D eigenvalue weighted by Crippen LogP contribution is 2.45. The van der Waals surface area contributed by atoms with E-state index in [0.29, 0.717) is 17.9 Å². The summed E-state index contributed by atoms with van der Waals surface area (Å²) in [7, 11) is 1.93. The number of Topliss-reactive ketones (excluding diaryl/α,β-unsaturated/α-hetero) is 1. The minimum atomic E-state index is -0.768. The fourth-order valence-corrected chi connectivity index (χ4v) is 5.24. The average Bonchev–Trinajstić information content (AvgIpc) is 3.37. The molecule has 1 amide bonds. The fourth-order valence-electron chi connectivity index (χ4n) is 5.24. The third kappa shape index (κ3) is 3.33. The van der Waals surface area contributed by atoms with Crippen LogP contribution in [0.25, 0.3) is 16.7 Å². The maximum absolute atomic E-state index is 13.5. The van der Waals surface area contributed by atoms with Gasteiger partial charge in [0.1, 0.15) is 11.5 Å². The number of benzene rings is 3. The van der Waals surface area contributed by atoms with Gasteiger partial charge in [-0.15, -0.1) is 0 Å². The summed E-state index contributed by atoms with van der Waals surface area (Å²) in [6, 6.07) is 21.7. The molecule has 6 heteroatoms. The van der Waals surface area contributed by atoms with Crippen molar-refractivity contribution < 1.29 is 19.4 Å². The molecule has 0 bridgehead atoms. The highest BCUT2D eigenvalue weighted by molar-refractivity contribution is 6.51. The monoisotopic (exact) mass is 464 g/mol. The molecule has 174 valence electrons. The van der Waals surface area contributed by atoms with E-state index in [9.17, 15) is 14.7 Å². The summed E-state index contributed by atoms with van der Waals surface area (Å²) in [4.78, 5) is 28.4. The van der Waals surface area contributed by atoms with Crippen LogP contribution in [0.3, 0.4) is 0 Å². The van der Waals surface area contributed by atoms with Gasteiger partial charge in [-0.05, 0) is 54.8 Å². The summed E-state index contributed by atoms with van der Waals surface area (Å²) in [5.41, 5.74) is 3.95.